The first-order chi connectivity index (χ1) is 14.8. The van der Waals surface area contributed by atoms with E-state index in [0.29, 0.717) is 41.5 Å². The zero-order valence-electron chi connectivity index (χ0n) is 17.5. The third-order valence-electron chi connectivity index (χ3n) is 5.62. The molecule has 0 radical (unpaired) electrons. The summed E-state index contributed by atoms with van der Waals surface area (Å²) in [7, 11) is 0. The number of hydrogen-bond donors (Lipinski definition) is 3. The Balaban J connectivity index is 1.59. The van der Waals surface area contributed by atoms with E-state index in [4.69, 9.17) is 21.9 Å². The van der Waals surface area contributed by atoms with Crippen molar-refractivity contribution in [3.63, 3.8) is 0 Å². The van der Waals surface area contributed by atoms with Gasteiger partial charge in [0.05, 0.1) is 11.4 Å². The van der Waals surface area contributed by atoms with Crippen molar-refractivity contribution >= 4 is 28.7 Å². The van der Waals surface area contributed by atoms with Gasteiger partial charge in [0.2, 0.25) is 5.91 Å². The van der Waals surface area contributed by atoms with Gasteiger partial charge < -0.3 is 26.8 Å². The molecule has 1 aliphatic rings. The van der Waals surface area contributed by atoms with Gasteiger partial charge in [-0.2, -0.15) is 0 Å². The minimum atomic E-state index is 0.0226. The van der Waals surface area contributed by atoms with Gasteiger partial charge in [0.1, 0.15) is 0 Å². The van der Waals surface area contributed by atoms with E-state index >= 15 is 0 Å². The van der Waals surface area contributed by atoms with Crippen molar-refractivity contribution in [2.45, 2.75) is 19.3 Å². The number of ether oxygens (including phenoxy) is 1. The summed E-state index contributed by atoms with van der Waals surface area (Å²) in [5.41, 5.74) is 23.1. The molecule has 1 heterocycles. The molecule has 3 aromatic carbocycles. The summed E-state index contributed by atoms with van der Waals surface area (Å²) in [5, 5.41) is 0. The average Bonchev–Trinajstić information content (AvgIpc) is 3.14. The number of carbonyl (C=O) groups excluding carboxylic acids is 1. The summed E-state index contributed by atoms with van der Waals surface area (Å²) in [6.45, 7) is 6.28. The Morgan fingerprint density at radius 1 is 1.06 bits per heavy atom. The van der Waals surface area contributed by atoms with Crippen LogP contribution in [0.15, 0.2) is 67.2 Å². The van der Waals surface area contributed by atoms with E-state index in [-0.39, 0.29) is 11.8 Å². The number of benzene rings is 3. The largest absolute Gasteiger partial charge is 0.453 e. The predicted octanol–water partition coefficient (Wildman–Crippen LogP) is 4.40. The fraction of sp³-hybridized carbons (Fsp3) is 0.160. The van der Waals surface area contributed by atoms with Crippen LogP contribution in [0.2, 0.25) is 0 Å². The number of nitrogens with two attached hydrogens (primary N) is 3. The lowest BCUT2D eigenvalue weighted by molar-refractivity contribution is -0.117. The first-order valence-corrected chi connectivity index (χ1v) is 10.1. The van der Waals surface area contributed by atoms with Crippen molar-refractivity contribution in [3.8, 4) is 11.5 Å². The van der Waals surface area contributed by atoms with Crippen molar-refractivity contribution in [3.05, 3.63) is 83.9 Å². The van der Waals surface area contributed by atoms with Gasteiger partial charge in [-0.25, -0.2) is 0 Å². The Morgan fingerprint density at radius 2 is 1.84 bits per heavy atom. The van der Waals surface area contributed by atoms with Crippen molar-refractivity contribution in [2.75, 3.05) is 22.9 Å². The molecule has 0 bridgehead atoms. The van der Waals surface area contributed by atoms with E-state index in [9.17, 15) is 4.79 Å². The summed E-state index contributed by atoms with van der Waals surface area (Å²) in [6, 6.07) is 18.8. The molecule has 3 aromatic rings. The monoisotopic (exact) mass is 414 g/mol. The molecule has 1 atom stereocenters. The molecule has 0 spiro atoms. The topological polar surface area (TPSA) is 108 Å². The minimum Gasteiger partial charge on any atom is -0.453 e. The molecule has 0 unspecified atom stereocenters. The molecule has 1 aliphatic heterocycles. The first kappa shape index (κ1) is 20.3. The average molecular weight is 415 g/mol. The van der Waals surface area contributed by atoms with Crippen LogP contribution in [0.4, 0.5) is 17.1 Å². The SMILES string of the molecule is C=C(N)c1cccc(N2C[C@@H](c3ccc(N)c(Oc4c(C)cccc4N)c3)CC2=O)c1. The molecule has 6 nitrogen and oxygen atoms in total. The van der Waals surface area contributed by atoms with Gasteiger partial charge in [0.25, 0.3) is 0 Å². The van der Waals surface area contributed by atoms with Crippen molar-refractivity contribution in [1.82, 2.24) is 0 Å². The maximum atomic E-state index is 12.8. The van der Waals surface area contributed by atoms with Gasteiger partial charge in [-0.05, 0) is 53.9 Å². The number of aryl methyl sites for hydroxylation is 1. The second-order valence-corrected chi connectivity index (χ2v) is 7.87. The van der Waals surface area contributed by atoms with E-state index in [0.717, 1.165) is 22.4 Å². The standard InChI is InChI=1S/C25H26N4O2/c1-15-5-3-8-22(28)25(15)31-23-12-18(9-10-21(23)27)19-13-24(30)29(14-19)20-7-4-6-17(11-20)16(2)26/h3-12,19H,2,13-14,26-28H2,1H3/t19-/m0/s1. The van der Waals surface area contributed by atoms with Crippen molar-refractivity contribution in [1.29, 1.82) is 0 Å². The summed E-state index contributed by atoms with van der Waals surface area (Å²) in [5.74, 6) is 1.21. The van der Waals surface area contributed by atoms with Crippen molar-refractivity contribution in [2.24, 2.45) is 5.73 Å². The van der Waals surface area contributed by atoms with E-state index in [1.165, 1.54) is 0 Å². The highest BCUT2D eigenvalue weighted by molar-refractivity contribution is 5.97. The highest BCUT2D eigenvalue weighted by Crippen LogP contribution is 2.38. The number of nitrogens with zero attached hydrogens (tertiary/aromatic N) is 1. The second kappa shape index (κ2) is 8.07. The van der Waals surface area contributed by atoms with Crippen molar-refractivity contribution < 1.29 is 9.53 Å². The quantitative estimate of drug-likeness (QED) is 0.536. The molecule has 158 valence electrons. The molecular formula is C25H26N4O2. The summed E-state index contributed by atoms with van der Waals surface area (Å²) in [6.07, 6.45) is 0.406. The summed E-state index contributed by atoms with van der Waals surface area (Å²) in [4.78, 5) is 14.6. The Morgan fingerprint density at radius 3 is 2.58 bits per heavy atom. The van der Waals surface area contributed by atoms with Crippen LogP contribution in [-0.2, 0) is 4.79 Å². The fourth-order valence-corrected chi connectivity index (χ4v) is 3.87. The van der Waals surface area contributed by atoms with Gasteiger partial charge in [-0.15, -0.1) is 0 Å². The molecule has 1 amide bonds. The first-order valence-electron chi connectivity index (χ1n) is 10.1. The van der Waals surface area contributed by atoms with Crippen LogP contribution in [0.3, 0.4) is 0 Å². The number of amides is 1. The third kappa shape index (κ3) is 4.05. The molecule has 31 heavy (non-hydrogen) atoms. The smallest absolute Gasteiger partial charge is 0.227 e. The lowest BCUT2D eigenvalue weighted by Gasteiger charge is -2.19. The van der Waals surface area contributed by atoms with Crippen LogP contribution in [0, 0.1) is 6.92 Å². The normalized spacial score (nSPS) is 15.8. The third-order valence-corrected chi connectivity index (χ3v) is 5.62. The Kier molecular flexibility index (Phi) is 5.29. The number of anilines is 3. The van der Waals surface area contributed by atoms with Gasteiger partial charge in [-0.3, -0.25) is 4.79 Å². The van der Waals surface area contributed by atoms with E-state index < -0.39 is 0 Å². The number of nitrogen functional groups attached to an aromatic ring is 2. The molecule has 4 rings (SSSR count). The predicted molar refractivity (Wildman–Crippen MR) is 126 cm³/mol. The van der Waals surface area contributed by atoms with Gasteiger partial charge in [-0.1, -0.05) is 36.9 Å². The second-order valence-electron chi connectivity index (χ2n) is 7.87. The summed E-state index contributed by atoms with van der Waals surface area (Å²) < 4.78 is 6.08. The summed E-state index contributed by atoms with van der Waals surface area (Å²) >= 11 is 0. The molecule has 0 saturated carbocycles. The molecule has 1 fully saturated rings. The molecule has 1 saturated heterocycles. The maximum Gasteiger partial charge on any atom is 0.227 e. The van der Waals surface area contributed by atoms with E-state index in [1.807, 2.05) is 61.5 Å². The molecular weight excluding hydrogens is 388 g/mol. The van der Waals surface area contributed by atoms with Crippen LogP contribution >= 0.6 is 0 Å². The van der Waals surface area contributed by atoms with E-state index in [2.05, 4.69) is 6.58 Å². The molecule has 6 heteroatoms. The highest BCUT2D eigenvalue weighted by atomic mass is 16.5. The van der Waals surface area contributed by atoms with Gasteiger partial charge >= 0.3 is 0 Å². The zero-order valence-corrected chi connectivity index (χ0v) is 17.5. The van der Waals surface area contributed by atoms with Crippen LogP contribution in [0.1, 0.15) is 29.0 Å². The number of hydrogen-bond acceptors (Lipinski definition) is 5. The lowest BCUT2D eigenvalue weighted by Crippen LogP contribution is -2.24. The zero-order chi connectivity index (χ0) is 22.1. The Labute approximate surface area is 181 Å². The molecule has 6 N–H and O–H groups in total. The minimum absolute atomic E-state index is 0.0226. The van der Waals surface area contributed by atoms with Gasteiger partial charge in [0.15, 0.2) is 11.5 Å². The fourth-order valence-electron chi connectivity index (χ4n) is 3.87. The van der Waals surface area contributed by atoms with Crippen LogP contribution in [-0.4, -0.2) is 12.5 Å². The Bertz CT molecular complexity index is 1150. The van der Waals surface area contributed by atoms with Crippen LogP contribution < -0.4 is 26.8 Å². The Hall–Kier alpha value is -3.93. The number of carbonyl (C=O) groups is 1. The van der Waals surface area contributed by atoms with Gasteiger partial charge in [0, 0.05) is 30.3 Å². The van der Waals surface area contributed by atoms with E-state index in [1.54, 1.807) is 11.0 Å². The molecule has 0 aliphatic carbocycles. The maximum absolute atomic E-state index is 12.8. The lowest BCUT2D eigenvalue weighted by atomic mass is 9.97. The highest BCUT2D eigenvalue weighted by Gasteiger charge is 2.32. The number of para-hydroxylation sites is 1. The van der Waals surface area contributed by atoms with Crippen LogP contribution in [0.25, 0.3) is 5.70 Å². The molecule has 0 aromatic heterocycles. The van der Waals surface area contributed by atoms with Crippen LogP contribution in [0.5, 0.6) is 11.5 Å². The number of rotatable bonds is 5.